The quantitative estimate of drug-likeness (QED) is 0.703. The van der Waals surface area contributed by atoms with Gasteiger partial charge in [0.05, 0.1) is 0 Å². The van der Waals surface area contributed by atoms with Gasteiger partial charge in [-0.25, -0.2) is 14.6 Å². The van der Waals surface area contributed by atoms with Gasteiger partial charge in [0.2, 0.25) is 0 Å². The summed E-state index contributed by atoms with van der Waals surface area (Å²) in [4.78, 5) is 27.6. The highest BCUT2D eigenvalue weighted by Gasteiger charge is 2.30. The van der Waals surface area contributed by atoms with E-state index in [-0.39, 0.29) is 12.5 Å². The third-order valence-corrected chi connectivity index (χ3v) is 5.39. The van der Waals surface area contributed by atoms with Crippen LogP contribution in [0.1, 0.15) is 28.1 Å². The third kappa shape index (κ3) is 3.29. The van der Waals surface area contributed by atoms with Crippen LogP contribution in [-0.2, 0) is 9.53 Å². The lowest BCUT2D eigenvalue weighted by Crippen LogP contribution is -2.34. The molecule has 136 valence electrons. The van der Waals surface area contributed by atoms with Crippen molar-refractivity contribution in [1.82, 2.24) is 10.3 Å². The Morgan fingerprint density at radius 3 is 2.30 bits per heavy atom. The molecule has 0 aliphatic heterocycles. The minimum atomic E-state index is -1.22. The molecule has 1 heterocycles. The van der Waals surface area contributed by atoms with Crippen LogP contribution in [0, 0.1) is 0 Å². The van der Waals surface area contributed by atoms with E-state index in [1.807, 2.05) is 36.4 Å². The maximum atomic E-state index is 12.2. The Morgan fingerprint density at radius 2 is 1.74 bits per heavy atom. The number of hydrogen-bond acceptors (Lipinski definition) is 5. The van der Waals surface area contributed by atoms with Gasteiger partial charge < -0.3 is 15.2 Å². The number of thiazole rings is 1. The lowest BCUT2D eigenvalue weighted by Gasteiger charge is -2.16. The fourth-order valence-electron chi connectivity index (χ4n) is 3.36. The van der Waals surface area contributed by atoms with Crippen LogP contribution in [0.15, 0.2) is 60.1 Å². The Bertz CT molecular complexity index is 942. The van der Waals surface area contributed by atoms with E-state index in [0.717, 1.165) is 33.6 Å². The van der Waals surface area contributed by atoms with Crippen LogP contribution in [0.25, 0.3) is 11.1 Å². The van der Waals surface area contributed by atoms with Crippen LogP contribution < -0.4 is 5.32 Å². The van der Waals surface area contributed by atoms with Crippen LogP contribution in [0.3, 0.4) is 0 Å². The molecule has 1 aliphatic rings. The van der Waals surface area contributed by atoms with Crippen molar-refractivity contribution in [3.63, 3.8) is 0 Å². The molecule has 0 bridgehead atoms. The number of aliphatic carboxylic acids is 1. The second kappa shape index (κ2) is 7.20. The Hall–Kier alpha value is -3.19. The molecule has 1 aromatic heterocycles. The molecule has 7 heteroatoms. The van der Waals surface area contributed by atoms with E-state index in [0.29, 0.717) is 5.01 Å². The lowest BCUT2D eigenvalue weighted by atomic mass is 9.98. The number of carbonyl (C=O) groups is 2. The number of alkyl carbamates (subject to hydrolysis) is 1. The van der Waals surface area contributed by atoms with Gasteiger partial charge in [-0.1, -0.05) is 48.5 Å². The minimum Gasteiger partial charge on any atom is -0.479 e. The molecule has 0 unspecified atom stereocenters. The van der Waals surface area contributed by atoms with Crippen LogP contribution in [0.5, 0.6) is 0 Å². The van der Waals surface area contributed by atoms with Crippen molar-refractivity contribution in [2.45, 2.75) is 12.0 Å². The van der Waals surface area contributed by atoms with Crippen molar-refractivity contribution >= 4 is 23.4 Å². The summed E-state index contributed by atoms with van der Waals surface area (Å²) in [6, 6.07) is 14.8. The molecule has 1 aliphatic carbocycles. The summed E-state index contributed by atoms with van der Waals surface area (Å²) in [5.41, 5.74) is 4.46. The van der Waals surface area contributed by atoms with Crippen LogP contribution in [-0.4, -0.2) is 28.8 Å². The number of ether oxygens (including phenoxy) is 1. The van der Waals surface area contributed by atoms with E-state index in [1.165, 1.54) is 6.20 Å². The van der Waals surface area contributed by atoms with Gasteiger partial charge in [0.1, 0.15) is 11.6 Å². The van der Waals surface area contributed by atoms with Gasteiger partial charge >= 0.3 is 12.1 Å². The van der Waals surface area contributed by atoms with Gasteiger partial charge in [-0.15, -0.1) is 11.3 Å². The fourth-order valence-corrected chi connectivity index (χ4v) is 4.04. The molecular formula is C20H16N2O4S. The number of benzene rings is 2. The van der Waals surface area contributed by atoms with Crippen molar-refractivity contribution < 1.29 is 19.4 Å². The van der Waals surface area contributed by atoms with Crippen molar-refractivity contribution in [3.8, 4) is 11.1 Å². The molecule has 0 fully saturated rings. The molecule has 0 radical (unpaired) electrons. The zero-order valence-corrected chi connectivity index (χ0v) is 15.0. The van der Waals surface area contributed by atoms with Crippen molar-refractivity contribution in [3.05, 3.63) is 76.2 Å². The zero-order valence-electron chi connectivity index (χ0n) is 14.2. The summed E-state index contributed by atoms with van der Waals surface area (Å²) in [5, 5.41) is 13.7. The summed E-state index contributed by atoms with van der Waals surface area (Å²) >= 11 is 1.16. The van der Waals surface area contributed by atoms with Crippen molar-refractivity contribution in [2.75, 3.05) is 6.61 Å². The number of amides is 1. The first-order valence-corrected chi connectivity index (χ1v) is 9.27. The SMILES string of the molecule is O=C(N[C@@H](C(=O)O)c1nccs1)OCC1c2ccccc2-c2ccccc21. The van der Waals surface area contributed by atoms with E-state index in [2.05, 4.69) is 22.4 Å². The molecule has 1 amide bonds. The molecule has 2 aromatic carbocycles. The van der Waals surface area contributed by atoms with Gasteiger partial charge in [-0.2, -0.15) is 0 Å². The average Bonchev–Trinajstić information content (AvgIpc) is 3.31. The largest absolute Gasteiger partial charge is 0.479 e. The first kappa shape index (κ1) is 17.2. The normalized spacial score (nSPS) is 13.5. The predicted octanol–water partition coefficient (Wildman–Crippen LogP) is 3.81. The van der Waals surface area contributed by atoms with Crippen molar-refractivity contribution in [2.24, 2.45) is 0 Å². The van der Waals surface area contributed by atoms with E-state index in [9.17, 15) is 14.7 Å². The molecule has 3 aromatic rings. The highest BCUT2D eigenvalue weighted by Crippen LogP contribution is 2.44. The summed E-state index contributed by atoms with van der Waals surface area (Å²) in [6.07, 6.45) is 0.717. The Balaban J connectivity index is 1.49. The standard InChI is InChI=1S/C20H16N2O4S/c23-19(24)17(18-21-9-10-27-18)22-20(25)26-11-16-14-7-3-1-5-12(14)13-6-2-4-8-15(13)16/h1-10,16-17H,11H2,(H,22,25)(H,23,24)/t17-/m1/s1. The number of rotatable bonds is 5. The fraction of sp³-hybridized carbons (Fsp3) is 0.150. The summed E-state index contributed by atoms with van der Waals surface area (Å²) in [7, 11) is 0. The summed E-state index contributed by atoms with van der Waals surface area (Å²) < 4.78 is 5.38. The number of nitrogens with zero attached hydrogens (tertiary/aromatic N) is 1. The summed E-state index contributed by atoms with van der Waals surface area (Å²) in [5.74, 6) is -1.26. The first-order valence-electron chi connectivity index (χ1n) is 8.39. The molecule has 27 heavy (non-hydrogen) atoms. The lowest BCUT2D eigenvalue weighted by molar-refractivity contribution is -0.139. The Morgan fingerprint density at radius 1 is 1.11 bits per heavy atom. The second-order valence-electron chi connectivity index (χ2n) is 6.11. The number of carbonyl (C=O) groups excluding carboxylic acids is 1. The predicted molar refractivity (Wildman–Crippen MR) is 101 cm³/mol. The van der Waals surface area contributed by atoms with Gasteiger partial charge in [-0.05, 0) is 22.3 Å². The number of carboxylic acid groups (broad SMARTS) is 1. The highest BCUT2D eigenvalue weighted by molar-refractivity contribution is 7.09. The van der Waals surface area contributed by atoms with Gasteiger partial charge in [0.15, 0.2) is 6.04 Å². The molecule has 4 rings (SSSR count). The molecule has 6 nitrogen and oxygen atoms in total. The second-order valence-corrected chi connectivity index (χ2v) is 7.04. The number of carboxylic acids is 1. The number of hydrogen-bond donors (Lipinski definition) is 2. The topological polar surface area (TPSA) is 88.5 Å². The molecule has 0 spiro atoms. The molecular weight excluding hydrogens is 364 g/mol. The smallest absolute Gasteiger partial charge is 0.408 e. The molecule has 0 saturated heterocycles. The molecule has 0 saturated carbocycles. The van der Waals surface area contributed by atoms with Gasteiger partial charge in [0, 0.05) is 17.5 Å². The zero-order chi connectivity index (χ0) is 18.8. The highest BCUT2D eigenvalue weighted by atomic mass is 32.1. The van der Waals surface area contributed by atoms with E-state index < -0.39 is 18.1 Å². The van der Waals surface area contributed by atoms with Crippen molar-refractivity contribution in [1.29, 1.82) is 0 Å². The monoisotopic (exact) mass is 380 g/mol. The first-order chi connectivity index (χ1) is 13.1. The van der Waals surface area contributed by atoms with E-state index >= 15 is 0 Å². The average molecular weight is 380 g/mol. The molecule has 1 atom stereocenters. The van der Waals surface area contributed by atoms with E-state index in [4.69, 9.17) is 4.74 Å². The maximum Gasteiger partial charge on any atom is 0.408 e. The van der Waals surface area contributed by atoms with Gasteiger partial charge in [0.25, 0.3) is 0 Å². The maximum absolute atomic E-state index is 12.2. The molecule has 2 N–H and O–H groups in total. The number of nitrogens with one attached hydrogen (secondary N) is 1. The summed E-state index contributed by atoms with van der Waals surface area (Å²) in [6.45, 7) is 0.129. The van der Waals surface area contributed by atoms with Gasteiger partial charge in [-0.3, -0.25) is 0 Å². The minimum absolute atomic E-state index is 0.0775. The van der Waals surface area contributed by atoms with Crippen LogP contribution in [0.2, 0.25) is 0 Å². The number of aromatic nitrogens is 1. The van der Waals surface area contributed by atoms with E-state index in [1.54, 1.807) is 5.38 Å². The Kier molecular flexibility index (Phi) is 4.60. The van der Waals surface area contributed by atoms with Crippen LogP contribution >= 0.6 is 11.3 Å². The Labute approximate surface area is 159 Å². The number of fused-ring (bicyclic) bond motifs is 3. The third-order valence-electron chi connectivity index (χ3n) is 4.55. The van der Waals surface area contributed by atoms with Crippen LogP contribution in [0.4, 0.5) is 4.79 Å².